The van der Waals surface area contributed by atoms with Crippen LogP contribution >= 0.6 is 0 Å². The van der Waals surface area contributed by atoms with Gasteiger partial charge in [-0.25, -0.2) is 4.79 Å². The molecular weight excluding hydrogens is 558 g/mol. The summed E-state index contributed by atoms with van der Waals surface area (Å²) >= 11 is 0. The lowest BCUT2D eigenvalue weighted by molar-refractivity contribution is -0.138. The number of aromatic hydroxyl groups is 1. The quantitative estimate of drug-likeness (QED) is 0.339. The molecule has 6 unspecified atom stereocenters. The second-order valence-electron chi connectivity index (χ2n) is 11.8. The summed E-state index contributed by atoms with van der Waals surface area (Å²) in [5.74, 6) is -5.97. The van der Waals surface area contributed by atoms with Crippen molar-refractivity contribution < 1.29 is 33.8 Å². The summed E-state index contributed by atoms with van der Waals surface area (Å²) in [6.45, 7) is 0. The molecular formula is C36H29NO7. The molecule has 3 aromatic rings. The van der Waals surface area contributed by atoms with Crippen LogP contribution in [0.1, 0.15) is 35.4 Å². The molecule has 1 heterocycles. The van der Waals surface area contributed by atoms with Gasteiger partial charge in [0.25, 0.3) is 0 Å². The van der Waals surface area contributed by atoms with Crippen molar-refractivity contribution in [1.29, 1.82) is 0 Å². The highest BCUT2D eigenvalue weighted by Crippen LogP contribution is 2.64. The molecule has 1 aliphatic heterocycles. The largest absolute Gasteiger partial charge is 0.508 e. The molecule has 1 saturated carbocycles. The van der Waals surface area contributed by atoms with E-state index in [1.807, 2.05) is 42.5 Å². The fourth-order valence-corrected chi connectivity index (χ4v) is 8.22. The molecule has 3 aromatic carbocycles. The highest BCUT2D eigenvalue weighted by molar-refractivity contribution is 6.31. The van der Waals surface area contributed by atoms with Crippen LogP contribution in [0.25, 0.3) is 5.57 Å². The predicted octanol–water partition coefficient (Wildman–Crippen LogP) is 4.98. The smallest absolute Gasteiger partial charge is 0.423 e. The number of allylic oxidation sites excluding steroid dienone is 4. The maximum absolute atomic E-state index is 14.8. The van der Waals surface area contributed by atoms with Gasteiger partial charge in [-0.3, -0.25) is 19.2 Å². The summed E-state index contributed by atoms with van der Waals surface area (Å²) in [6, 6.07) is 24.9. The van der Waals surface area contributed by atoms with Gasteiger partial charge in [0.1, 0.15) is 5.75 Å². The van der Waals surface area contributed by atoms with Crippen LogP contribution in [0.4, 0.5) is 4.79 Å². The minimum Gasteiger partial charge on any atom is -0.508 e. The first kappa shape index (κ1) is 27.7. The topological polar surface area (TPSA) is 118 Å². The predicted molar refractivity (Wildman–Crippen MR) is 159 cm³/mol. The van der Waals surface area contributed by atoms with Crippen molar-refractivity contribution >= 4 is 35.0 Å². The minimum atomic E-state index is -1.43. The Morgan fingerprint density at radius 2 is 1.52 bits per heavy atom. The van der Waals surface area contributed by atoms with Gasteiger partial charge in [-0.05, 0) is 42.0 Å². The number of fused-ring (bicyclic) bond motifs is 4. The third-order valence-electron chi connectivity index (χ3n) is 9.98. The molecule has 1 saturated heterocycles. The molecule has 44 heavy (non-hydrogen) atoms. The van der Waals surface area contributed by atoms with Gasteiger partial charge in [-0.15, -0.1) is 0 Å². The second kappa shape index (κ2) is 10.3. The highest BCUT2D eigenvalue weighted by Gasteiger charge is 2.66. The number of nitrogens with zero attached hydrogens (tertiary/aromatic N) is 1. The van der Waals surface area contributed by atoms with Gasteiger partial charge in [0.05, 0.1) is 24.4 Å². The molecule has 1 N–H and O–H groups in total. The normalized spacial score (nSPS) is 29.3. The van der Waals surface area contributed by atoms with Crippen LogP contribution in [0, 0.1) is 23.7 Å². The van der Waals surface area contributed by atoms with E-state index in [0.717, 1.165) is 7.11 Å². The first-order valence-corrected chi connectivity index (χ1v) is 14.7. The van der Waals surface area contributed by atoms with E-state index in [9.17, 15) is 29.1 Å². The molecule has 0 spiro atoms. The number of hydrogen-bond acceptors (Lipinski definition) is 7. The number of likely N-dealkylation sites (tertiary alicyclic amines) is 1. The average Bonchev–Trinajstić information content (AvgIpc) is 3.31. The summed E-state index contributed by atoms with van der Waals surface area (Å²) in [6.07, 6.45) is 2.55. The number of rotatable bonds is 3. The molecule has 0 radical (unpaired) electrons. The number of ether oxygens (including phenoxy) is 1. The van der Waals surface area contributed by atoms with Gasteiger partial charge in [-0.1, -0.05) is 90.5 Å². The number of ketones is 2. The third kappa shape index (κ3) is 3.73. The molecule has 8 nitrogen and oxygen atoms in total. The van der Waals surface area contributed by atoms with E-state index in [-0.39, 0.29) is 35.7 Å². The van der Waals surface area contributed by atoms with Gasteiger partial charge >= 0.3 is 6.09 Å². The molecule has 2 fully saturated rings. The number of para-hydroxylation sites is 1. The molecule has 0 aromatic heterocycles. The van der Waals surface area contributed by atoms with E-state index in [0.29, 0.717) is 27.2 Å². The molecule has 4 aliphatic rings. The SMILES string of the molecule is COC(=O)N1C(=O)C2CC=C3C(CC4C(=O)C(c5ccccc5)=CC(=O)C4(c4ccccc4)C3c3ccccc3O)C2C1=O. The maximum Gasteiger partial charge on any atom is 0.423 e. The van der Waals surface area contributed by atoms with Crippen LogP contribution in [0.3, 0.4) is 0 Å². The lowest BCUT2D eigenvalue weighted by atomic mass is 9.44. The monoisotopic (exact) mass is 587 g/mol. The Morgan fingerprint density at radius 1 is 0.864 bits per heavy atom. The number of carbonyl (C=O) groups excluding carboxylic acids is 5. The molecule has 8 heteroatoms. The van der Waals surface area contributed by atoms with E-state index in [1.54, 1.807) is 48.5 Å². The van der Waals surface area contributed by atoms with Gasteiger partial charge in [0.2, 0.25) is 11.8 Å². The fourth-order valence-electron chi connectivity index (χ4n) is 8.22. The van der Waals surface area contributed by atoms with Gasteiger partial charge in [0.15, 0.2) is 11.6 Å². The number of carbonyl (C=O) groups is 5. The number of amides is 3. The van der Waals surface area contributed by atoms with Crippen LogP contribution in [-0.2, 0) is 29.3 Å². The maximum atomic E-state index is 14.8. The van der Waals surface area contributed by atoms with Gasteiger partial charge in [-0.2, -0.15) is 4.90 Å². The van der Waals surface area contributed by atoms with Gasteiger partial charge in [0, 0.05) is 23.0 Å². The Balaban J connectivity index is 1.50. The molecule has 3 aliphatic carbocycles. The summed E-state index contributed by atoms with van der Waals surface area (Å²) in [5, 5.41) is 11.3. The standard InChI is InChI=1S/C36H29NO7/c1-44-35(43)37-33(41)24-17-16-22-26(30(24)34(37)42)18-27-32(40)25(20-10-4-2-5-11-20)19-29(39)36(27,21-12-6-3-7-13-21)31(22)23-14-8-9-15-28(23)38/h2-16,19,24,26-27,30-31,38H,17-18H2,1H3. The van der Waals surface area contributed by atoms with Crippen molar-refractivity contribution in [2.24, 2.45) is 23.7 Å². The van der Waals surface area contributed by atoms with Crippen molar-refractivity contribution in [2.75, 3.05) is 7.11 Å². The van der Waals surface area contributed by atoms with Crippen LogP contribution < -0.4 is 0 Å². The first-order chi connectivity index (χ1) is 21.3. The summed E-state index contributed by atoms with van der Waals surface area (Å²) in [5.41, 5.74) is 1.25. The second-order valence-corrected chi connectivity index (χ2v) is 11.8. The van der Waals surface area contributed by atoms with Crippen molar-refractivity contribution in [3.63, 3.8) is 0 Å². The Morgan fingerprint density at radius 3 is 2.20 bits per heavy atom. The van der Waals surface area contributed by atoms with E-state index in [4.69, 9.17) is 4.74 Å². The van der Waals surface area contributed by atoms with E-state index in [1.165, 1.54) is 6.08 Å². The Bertz CT molecular complexity index is 1790. The third-order valence-corrected chi connectivity index (χ3v) is 9.98. The number of phenols is 1. The Hall–Kier alpha value is -5.11. The first-order valence-electron chi connectivity index (χ1n) is 14.7. The summed E-state index contributed by atoms with van der Waals surface area (Å²) in [7, 11) is 1.11. The zero-order valence-corrected chi connectivity index (χ0v) is 23.9. The molecule has 6 atom stereocenters. The van der Waals surface area contributed by atoms with Crippen LogP contribution in [0.5, 0.6) is 5.75 Å². The van der Waals surface area contributed by atoms with Crippen LogP contribution in [-0.4, -0.2) is 46.6 Å². The Kier molecular flexibility index (Phi) is 6.46. The lowest BCUT2D eigenvalue weighted by Crippen LogP contribution is -2.58. The van der Waals surface area contributed by atoms with Crippen molar-refractivity contribution in [2.45, 2.75) is 24.2 Å². The number of methoxy groups -OCH3 is 1. The van der Waals surface area contributed by atoms with Crippen molar-refractivity contribution in [3.05, 3.63) is 119 Å². The van der Waals surface area contributed by atoms with Crippen LogP contribution in [0.2, 0.25) is 0 Å². The van der Waals surface area contributed by atoms with E-state index < -0.39 is 52.9 Å². The van der Waals surface area contributed by atoms with Crippen molar-refractivity contribution in [3.8, 4) is 5.75 Å². The zero-order valence-electron chi connectivity index (χ0n) is 23.9. The number of imide groups is 3. The fraction of sp³-hybridized carbons (Fsp3) is 0.250. The van der Waals surface area contributed by atoms with Crippen molar-refractivity contribution in [1.82, 2.24) is 4.90 Å². The minimum absolute atomic E-state index is 0.0432. The average molecular weight is 588 g/mol. The molecule has 7 rings (SSSR count). The molecule has 220 valence electrons. The lowest BCUT2D eigenvalue weighted by Gasteiger charge is -2.55. The number of Topliss-reactive ketones (excluding diaryl/α,β-unsaturated/α-hetero) is 1. The van der Waals surface area contributed by atoms with E-state index >= 15 is 0 Å². The van der Waals surface area contributed by atoms with E-state index in [2.05, 4.69) is 0 Å². The number of phenolic OH excluding ortho intramolecular Hbond substituents is 1. The molecule has 3 amide bonds. The number of benzene rings is 3. The zero-order chi connectivity index (χ0) is 30.7. The number of hydrogen-bond donors (Lipinski definition) is 1. The highest BCUT2D eigenvalue weighted by atomic mass is 16.5. The summed E-state index contributed by atoms with van der Waals surface area (Å²) < 4.78 is 4.77. The summed E-state index contributed by atoms with van der Waals surface area (Å²) in [4.78, 5) is 69.9. The van der Waals surface area contributed by atoms with Crippen LogP contribution in [0.15, 0.2) is 103 Å². The molecule has 0 bridgehead atoms. The Labute approximate surface area is 253 Å². The van der Waals surface area contributed by atoms with Gasteiger partial charge < -0.3 is 9.84 Å².